The molecule has 1 aromatic carbocycles. The molecule has 1 aromatic rings. The molecule has 0 saturated heterocycles. The van der Waals surface area contributed by atoms with Crippen LogP contribution in [0.3, 0.4) is 0 Å². The average Bonchev–Trinajstić information content (AvgIpc) is 2.47. The first-order chi connectivity index (χ1) is 9.78. The molecule has 0 unspecified atom stereocenters. The minimum Gasteiger partial charge on any atom is -0.493 e. The van der Waals surface area contributed by atoms with Crippen LogP contribution >= 0.6 is 0 Å². The first-order valence-electron chi connectivity index (χ1n) is 8.56. The van der Waals surface area contributed by atoms with Crippen LogP contribution < -0.4 is 4.74 Å². The smallest absolute Gasteiger partial charge is 0.123 e. The number of hydrogen-bond donors (Lipinski definition) is 0. The van der Waals surface area contributed by atoms with Crippen molar-refractivity contribution in [1.29, 1.82) is 0 Å². The van der Waals surface area contributed by atoms with E-state index < -0.39 is 0 Å². The van der Waals surface area contributed by atoms with E-state index in [9.17, 15) is 0 Å². The second-order valence-electron chi connectivity index (χ2n) is 7.39. The predicted molar refractivity (Wildman–Crippen MR) is 93.5 cm³/mol. The van der Waals surface area contributed by atoms with Crippen LogP contribution in [0.15, 0.2) is 18.2 Å². The minimum atomic E-state index is 0.154. The van der Waals surface area contributed by atoms with Crippen LogP contribution in [-0.2, 0) is 10.8 Å². The van der Waals surface area contributed by atoms with Gasteiger partial charge >= 0.3 is 0 Å². The summed E-state index contributed by atoms with van der Waals surface area (Å²) in [7, 11) is 0. The Balaban J connectivity index is 3.20. The summed E-state index contributed by atoms with van der Waals surface area (Å²) in [6.45, 7) is 16.8. The lowest BCUT2D eigenvalue weighted by molar-refractivity contribution is 0.298. The molecular formula is C20H34O. The number of unbranched alkanes of at least 4 members (excludes halogenated alkanes) is 1. The second kappa shape index (κ2) is 7.33. The lowest BCUT2D eigenvalue weighted by atomic mass is 9.76. The summed E-state index contributed by atoms with van der Waals surface area (Å²) >= 11 is 0. The number of ether oxygens (including phenoxy) is 1. The first kappa shape index (κ1) is 18.1. The Bertz CT molecular complexity index is 443. The summed E-state index contributed by atoms with van der Waals surface area (Å²) in [6.07, 6.45) is 4.56. The molecule has 0 atom stereocenters. The number of hydrogen-bond acceptors (Lipinski definition) is 1. The molecule has 0 bridgehead atoms. The molecule has 0 fully saturated rings. The summed E-state index contributed by atoms with van der Waals surface area (Å²) in [6, 6.07) is 6.82. The second-order valence-corrected chi connectivity index (χ2v) is 7.39. The first-order valence-corrected chi connectivity index (χ1v) is 8.56. The van der Waals surface area contributed by atoms with Gasteiger partial charge in [0.05, 0.1) is 6.61 Å². The highest BCUT2D eigenvalue weighted by molar-refractivity contribution is 5.44. The van der Waals surface area contributed by atoms with Gasteiger partial charge in [-0.25, -0.2) is 0 Å². The van der Waals surface area contributed by atoms with E-state index in [0.717, 1.165) is 31.6 Å². The molecule has 0 aliphatic rings. The van der Waals surface area contributed by atoms with E-state index in [4.69, 9.17) is 4.74 Å². The van der Waals surface area contributed by atoms with Crippen molar-refractivity contribution in [2.75, 3.05) is 6.61 Å². The third-order valence-electron chi connectivity index (χ3n) is 5.01. The molecule has 0 heterocycles. The zero-order valence-corrected chi connectivity index (χ0v) is 15.2. The van der Waals surface area contributed by atoms with E-state index in [2.05, 4.69) is 66.7 Å². The summed E-state index contributed by atoms with van der Waals surface area (Å²) < 4.78 is 6.07. The van der Waals surface area contributed by atoms with Crippen molar-refractivity contribution < 1.29 is 4.74 Å². The van der Waals surface area contributed by atoms with Crippen molar-refractivity contribution in [2.24, 2.45) is 0 Å². The molecule has 0 aliphatic heterocycles. The maximum atomic E-state index is 6.07. The number of rotatable bonds is 8. The molecule has 1 rings (SSSR count). The van der Waals surface area contributed by atoms with Crippen LogP contribution in [0.5, 0.6) is 5.75 Å². The van der Waals surface area contributed by atoms with Crippen molar-refractivity contribution >= 4 is 0 Å². The van der Waals surface area contributed by atoms with Crippen LogP contribution in [0.25, 0.3) is 0 Å². The Labute approximate surface area is 132 Å². The molecule has 0 aliphatic carbocycles. The van der Waals surface area contributed by atoms with Gasteiger partial charge in [-0.1, -0.05) is 67.0 Å². The van der Waals surface area contributed by atoms with Crippen molar-refractivity contribution in [3.63, 3.8) is 0 Å². The van der Waals surface area contributed by atoms with Crippen molar-refractivity contribution in [3.05, 3.63) is 29.3 Å². The van der Waals surface area contributed by atoms with E-state index in [1.54, 1.807) is 0 Å². The Hall–Kier alpha value is -0.980. The molecular weight excluding hydrogens is 256 g/mol. The molecule has 0 spiro atoms. The van der Waals surface area contributed by atoms with Crippen LogP contribution in [-0.4, -0.2) is 6.61 Å². The third kappa shape index (κ3) is 4.49. The van der Waals surface area contributed by atoms with Crippen LogP contribution in [0.1, 0.15) is 85.3 Å². The van der Waals surface area contributed by atoms with Crippen LogP contribution in [0.2, 0.25) is 0 Å². The van der Waals surface area contributed by atoms with Gasteiger partial charge in [0, 0.05) is 5.56 Å². The van der Waals surface area contributed by atoms with E-state index >= 15 is 0 Å². The molecule has 0 amide bonds. The zero-order valence-electron chi connectivity index (χ0n) is 15.2. The predicted octanol–water partition coefficient (Wildman–Crippen LogP) is 6.24. The third-order valence-corrected chi connectivity index (χ3v) is 5.01. The summed E-state index contributed by atoms with van der Waals surface area (Å²) in [5.41, 5.74) is 3.16. The van der Waals surface area contributed by atoms with Gasteiger partial charge in [0.25, 0.3) is 0 Å². The lowest BCUT2D eigenvalue weighted by Crippen LogP contribution is -2.21. The van der Waals surface area contributed by atoms with Gasteiger partial charge in [0.15, 0.2) is 0 Å². The van der Waals surface area contributed by atoms with Crippen LogP contribution in [0, 0.1) is 0 Å². The Morgan fingerprint density at radius 2 is 1.52 bits per heavy atom. The normalized spacial score (nSPS) is 12.5. The summed E-state index contributed by atoms with van der Waals surface area (Å²) in [4.78, 5) is 0. The zero-order chi connectivity index (χ0) is 16.1. The highest BCUT2D eigenvalue weighted by Gasteiger charge is 2.26. The molecule has 21 heavy (non-hydrogen) atoms. The van der Waals surface area contributed by atoms with Crippen molar-refractivity contribution in [2.45, 2.75) is 85.0 Å². The van der Waals surface area contributed by atoms with E-state index in [1.165, 1.54) is 17.5 Å². The Kier molecular flexibility index (Phi) is 6.31. The van der Waals surface area contributed by atoms with Gasteiger partial charge in [-0.05, 0) is 41.7 Å². The Morgan fingerprint density at radius 1 is 0.905 bits per heavy atom. The summed E-state index contributed by atoms with van der Waals surface area (Å²) in [5, 5.41) is 0. The average molecular weight is 290 g/mol. The van der Waals surface area contributed by atoms with E-state index in [0.29, 0.717) is 0 Å². The Morgan fingerprint density at radius 3 is 2.05 bits per heavy atom. The highest BCUT2D eigenvalue weighted by Crippen LogP contribution is 2.38. The maximum absolute atomic E-state index is 6.07. The molecule has 1 heteroatoms. The van der Waals surface area contributed by atoms with Crippen LogP contribution in [0.4, 0.5) is 0 Å². The van der Waals surface area contributed by atoms with Gasteiger partial charge in [0.2, 0.25) is 0 Å². The van der Waals surface area contributed by atoms with Gasteiger partial charge in [-0.3, -0.25) is 0 Å². The minimum absolute atomic E-state index is 0.154. The van der Waals surface area contributed by atoms with Gasteiger partial charge < -0.3 is 4.74 Å². The van der Waals surface area contributed by atoms with E-state index in [-0.39, 0.29) is 10.8 Å². The fraction of sp³-hybridized carbons (Fsp3) is 0.700. The van der Waals surface area contributed by atoms with Crippen molar-refractivity contribution in [3.8, 4) is 5.75 Å². The van der Waals surface area contributed by atoms with Gasteiger partial charge in [-0.2, -0.15) is 0 Å². The monoisotopic (exact) mass is 290 g/mol. The SMILES string of the molecule is CCCCOc1ccc(C(C)(C)CC)cc1C(C)(C)CC. The number of benzene rings is 1. The molecule has 1 nitrogen and oxygen atoms in total. The highest BCUT2D eigenvalue weighted by atomic mass is 16.5. The molecule has 120 valence electrons. The van der Waals surface area contributed by atoms with E-state index in [1.807, 2.05) is 0 Å². The molecule has 0 saturated carbocycles. The fourth-order valence-corrected chi connectivity index (χ4v) is 2.33. The largest absolute Gasteiger partial charge is 0.493 e. The fourth-order valence-electron chi connectivity index (χ4n) is 2.33. The van der Waals surface area contributed by atoms with Gasteiger partial charge in [0.1, 0.15) is 5.75 Å². The lowest BCUT2D eigenvalue weighted by Gasteiger charge is -2.30. The topological polar surface area (TPSA) is 9.23 Å². The standard InChI is InChI=1S/C20H34O/c1-8-11-14-21-18-13-12-16(19(4,5)9-2)15-17(18)20(6,7)10-3/h12-13,15H,8-11,14H2,1-7H3. The molecule has 0 radical (unpaired) electrons. The summed E-state index contributed by atoms with van der Waals surface area (Å²) in [5.74, 6) is 1.07. The molecule has 0 N–H and O–H groups in total. The molecule has 0 aromatic heterocycles. The van der Waals surface area contributed by atoms with Gasteiger partial charge in [-0.15, -0.1) is 0 Å². The quantitative estimate of drug-likeness (QED) is 0.515. The van der Waals surface area contributed by atoms with Crippen molar-refractivity contribution in [1.82, 2.24) is 0 Å². The maximum Gasteiger partial charge on any atom is 0.123 e.